The quantitative estimate of drug-likeness (QED) is 0.513. The molecule has 1 spiro atoms. The topological polar surface area (TPSA) is 117 Å². The van der Waals surface area contributed by atoms with Gasteiger partial charge in [-0.25, -0.2) is 15.0 Å². The first-order valence-electron chi connectivity index (χ1n) is 12.3. The maximum atomic E-state index is 14.4. The Balaban J connectivity index is 1.57. The third-order valence-electron chi connectivity index (χ3n) is 6.59. The monoisotopic (exact) mass is 519 g/mol. The molecule has 1 amide bonds. The molecule has 0 saturated carbocycles. The van der Waals surface area contributed by atoms with Crippen molar-refractivity contribution in [1.82, 2.24) is 19.5 Å². The van der Waals surface area contributed by atoms with Gasteiger partial charge < -0.3 is 19.5 Å². The Bertz CT molecular complexity index is 1430. The number of aromatic nitrogens is 4. The minimum Gasteiger partial charge on any atom is -0.374 e. The van der Waals surface area contributed by atoms with Crippen molar-refractivity contribution in [2.24, 2.45) is 5.92 Å². The van der Waals surface area contributed by atoms with Crippen LogP contribution >= 0.6 is 0 Å². The van der Waals surface area contributed by atoms with Crippen LogP contribution in [-0.4, -0.2) is 69.0 Å². The van der Waals surface area contributed by atoms with Gasteiger partial charge in [0, 0.05) is 5.56 Å². The molecule has 5 heterocycles. The Kier molecular flexibility index (Phi) is 5.27. The lowest BCUT2D eigenvalue weighted by atomic mass is 9.87. The molecule has 6 rings (SSSR count). The molecule has 1 aromatic carbocycles. The smallest absolute Gasteiger partial charge is 0.257 e. The van der Waals surface area contributed by atoms with E-state index < -0.39 is 40.6 Å². The molecule has 2 saturated heterocycles. The van der Waals surface area contributed by atoms with Crippen LogP contribution in [0.1, 0.15) is 68.5 Å². The van der Waals surface area contributed by atoms with E-state index in [4.69, 9.17) is 14.2 Å². The van der Waals surface area contributed by atoms with E-state index in [9.17, 15) is 9.59 Å². The minimum atomic E-state index is -0.806. The van der Waals surface area contributed by atoms with Gasteiger partial charge >= 0.3 is 0 Å². The van der Waals surface area contributed by atoms with Crippen LogP contribution in [0.5, 0.6) is 0 Å². The number of rotatable bonds is 2. The second-order valence-corrected chi connectivity index (χ2v) is 13.2. The zero-order valence-corrected chi connectivity index (χ0v) is 22.6. The average Bonchev–Trinajstić information content (AvgIpc) is 3.15. The molecular formula is C26H29N5O5Si. The SMILES string of the molecule is CC(C)(C)OC1[Si][C@@]12O[C@@H]1[C@H](C(=O)c3ccccc3C(=O)Nc3ncnc4c3ncn41)[C@@H]2OC(C)(C)C. The summed E-state index contributed by atoms with van der Waals surface area (Å²) >= 11 is 0. The van der Waals surface area contributed by atoms with E-state index in [1.54, 1.807) is 35.2 Å². The summed E-state index contributed by atoms with van der Waals surface area (Å²) in [5.74, 6) is -1.19. The second-order valence-electron chi connectivity index (χ2n) is 11.6. The van der Waals surface area contributed by atoms with Gasteiger partial charge in [0.2, 0.25) is 0 Å². The standard InChI is InChI=1S/C26H29N5O5Si/c1-24(2,3)34-18-15-17(32)13-9-7-8-10-14(13)21(33)30-19-16-20(28-11-27-19)31(12-29-16)22(15)35-26(18)23(37-26)36-25(4,5)6/h7-12,15,18,22-23H,1-6H3,(H,27,28,30,33)/t15-,18+,22-,23?,26-/m1/s1. The van der Waals surface area contributed by atoms with E-state index in [0.717, 1.165) is 0 Å². The van der Waals surface area contributed by atoms with Crippen molar-refractivity contribution >= 4 is 38.2 Å². The highest BCUT2D eigenvalue weighted by Crippen LogP contribution is 2.55. The van der Waals surface area contributed by atoms with Crippen LogP contribution in [0.25, 0.3) is 11.2 Å². The number of hydrogen-bond acceptors (Lipinski definition) is 8. The number of hydrogen-bond donors (Lipinski definition) is 1. The molecule has 10 nitrogen and oxygen atoms in total. The highest BCUT2D eigenvalue weighted by atomic mass is 28.2. The predicted octanol–water partition coefficient (Wildman–Crippen LogP) is 3.16. The van der Waals surface area contributed by atoms with Gasteiger partial charge in [-0.1, -0.05) is 18.2 Å². The lowest BCUT2D eigenvalue weighted by Gasteiger charge is -2.32. The summed E-state index contributed by atoms with van der Waals surface area (Å²) in [6.45, 7) is 11.9. The van der Waals surface area contributed by atoms with Crippen molar-refractivity contribution in [2.45, 2.75) is 76.0 Å². The number of benzene rings is 1. The molecular weight excluding hydrogens is 490 g/mol. The van der Waals surface area contributed by atoms with Gasteiger partial charge in [0.1, 0.15) is 33.4 Å². The number of fused-ring (bicyclic) bond motifs is 3. The van der Waals surface area contributed by atoms with Crippen molar-refractivity contribution in [3.05, 3.63) is 48.0 Å². The molecule has 1 unspecified atom stereocenters. The maximum Gasteiger partial charge on any atom is 0.257 e. The van der Waals surface area contributed by atoms with Gasteiger partial charge in [0.15, 0.2) is 22.8 Å². The van der Waals surface area contributed by atoms with Crippen molar-refractivity contribution in [3.8, 4) is 0 Å². The third kappa shape index (κ3) is 4.01. The third-order valence-corrected chi connectivity index (χ3v) is 8.20. The molecule has 11 heteroatoms. The minimum absolute atomic E-state index is 0.230. The van der Waals surface area contributed by atoms with Gasteiger partial charge in [0.25, 0.3) is 5.91 Å². The molecule has 2 radical (unpaired) electrons. The Morgan fingerprint density at radius 3 is 2.41 bits per heavy atom. The maximum absolute atomic E-state index is 14.4. The second kappa shape index (κ2) is 8.00. The molecule has 1 N–H and O–H groups in total. The largest absolute Gasteiger partial charge is 0.374 e. The molecule has 37 heavy (non-hydrogen) atoms. The molecule has 4 bridgehead atoms. The Morgan fingerprint density at radius 2 is 1.70 bits per heavy atom. The zero-order chi connectivity index (χ0) is 26.3. The number of nitrogens with zero attached hydrogens (tertiary/aromatic N) is 4. The van der Waals surface area contributed by atoms with Crippen LogP contribution in [-0.2, 0) is 14.2 Å². The summed E-state index contributed by atoms with van der Waals surface area (Å²) in [7, 11) is 0.278. The van der Waals surface area contributed by atoms with Gasteiger partial charge in [-0.05, 0) is 47.6 Å². The summed E-state index contributed by atoms with van der Waals surface area (Å²) in [5.41, 5.74) is 0.243. The summed E-state index contributed by atoms with van der Waals surface area (Å²) in [6.07, 6.45) is 1.57. The summed E-state index contributed by atoms with van der Waals surface area (Å²) < 4.78 is 21.6. The van der Waals surface area contributed by atoms with E-state index in [2.05, 4.69) is 20.3 Å². The van der Waals surface area contributed by atoms with Gasteiger partial charge in [0.05, 0.1) is 34.7 Å². The average molecular weight is 520 g/mol. The highest BCUT2D eigenvalue weighted by Gasteiger charge is 2.73. The van der Waals surface area contributed by atoms with Crippen LogP contribution in [0.2, 0.25) is 0 Å². The number of ether oxygens (including phenoxy) is 3. The first kappa shape index (κ1) is 24.3. The number of ketones is 1. The zero-order valence-electron chi connectivity index (χ0n) is 21.6. The molecule has 5 atom stereocenters. The number of anilines is 1. The number of imidazole rings is 1. The van der Waals surface area contributed by atoms with Crippen LogP contribution in [0.3, 0.4) is 0 Å². The van der Waals surface area contributed by atoms with E-state index in [-0.39, 0.29) is 32.4 Å². The van der Waals surface area contributed by atoms with E-state index in [1.165, 1.54) is 6.33 Å². The highest BCUT2D eigenvalue weighted by molar-refractivity contribution is 6.56. The molecule has 3 aliphatic rings. The summed E-state index contributed by atoms with van der Waals surface area (Å²) in [6, 6.07) is 6.80. The lowest BCUT2D eigenvalue weighted by molar-refractivity contribution is -0.136. The summed E-state index contributed by atoms with van der Waals surface area (Å²) in [4.78, 5) is 41.0. The fraction of sp³-hybridized carbons (Fsp3) is 0.500. The van der Waals surface area contributed by atoms with E-state index >= 15 is 0 Å². The van der Waals surface area contributed by atoms with Crippen molar-refractivity contribution in [3.63, 3.8) is 0 Å². The van der Waals surface area contributed by atoms with Gasteiger partial charge in [-0.15, -0.1) is 0 Å². The molecule has 2 fully saturated rings. The number of carbonyl (C=O) groups is 2. The van der Waals surface area contributed by atoms with Crippen molar-refractivity contribution in [2.75, 3.05) is 5.32 Å². The fourth-order valence-electron chi connectivity index (χ4n) is 5.14. The first-order valence-corrected chi connectivity index (χ1v) is 13.4. The Morgan fingerprint density at radius 1 is 1.00 bits per heavy atom. The van der Waals surface area contributed by atoms with Crippen molar-refractivity contribution < 1.29 is 23.8 Å². The van der Waals surface area contributed by atoms with Crippen LogP contribution in [0, 0.1) is 5.92 Å². The van der Waals surface area contributed by atoms with Crippen LogP contribution < -0.4 is 5.32 Å². The fourth-order valence-corrected chi connectivity index (χ4v) is 6.76. The van der Waals surface area contributed by atoms with E-state index in [0.29, 0.717) is 16.7 Å². The Labute approximate surface area is 216 Å². The predicted molar refractivity (Wildman–Crippen MR) is 135 cm³/mol. The summed E-state index contributed by atoms with van der Waals surface area (Å²) in [5, 5.41) is 2.00. The van der Waals surface area contributed by atoms with Gasteiger partial charge in [-0.3, -0.25) is 14.2 Å². The number of amides is 1. The molecule has 3 aliphatic heterocycles. The lowest BCUT2D eigenvalue weighted by Crippen LogP contribution is -2.44. The Hall–Kier alpha value is -2.99. The molecule has 2 aromatic heterocycles. The van der Waals surface area contributed by atoms with Crippen molar-refractivity contribution in [1.29, 1.82) is 0 Å². The number of carbonyl (C=O) groups excluding carboxylic acids is 2. The number of Topliss-reactive ketones (excluding diaryl/α,β-unsaturated/α-hetero) is 1. The number of nitrogens with one attached hydrogen (secondary N) is 1. The normalized spacial score (nSPS) is 29.2. The van der Waals surface area contributed by atoms with Crippen LogP contribution in [0.15, 0.2) is 36.9 Å². The van der Waals surface area contributed by atoms with E-state index in [1.807, 2.05) is 41.5 Å². The first-order chi connectivity index (χ1) is 17.4. The molecule has 0 aliphatic carbocycles. The molecule has 3 aromatic rings. The van der Waals surface area contributed by atoms with Crippen LogP contribution in [0.4, 0.5) is 5.82 Å². The molecule has 192 valence electrons. The van der Waals surface area contributed by atoms with Gasteiger partial charge in [-0.2, -0.15) is 0 Å².